The highest BCUT2D eigenvalue weighted by molar-refractivity contribution is 7.83. The van der Waals surface area contributed by atoms with Crippen LogP contribution in [0.2, 0.25) is 19.6 Å². The van der Waals surface area contributed by atoms with Crippen molar-refractivity contribution in [1.29, 1.82) is 0 Å². The van der Waals surface area contributed by atoms with Gasteiger partial charge in [0.05, 0.1) is 8.07 Å². The zero-order valence-electron chi connectivity index (χ0n) is 14.8. The molecular formula is C21H20S4Si. The fraction of sp³-hybridized carbons (Fsp3) is 0.143. The molecule has 4 aromatic rings. The van der Waals surface area contributed by atoms with Crippen molar-refractivity contribution in [2.45, 2.75) is 39.2 Å². The van der Waals surface area contributed by atoms with Crippen LogP contribution in [-0.2, 0) is 0 Å². The fourth-order valence-electron chi connectivity index (χ4n) is 3.55. The SMILES string of the molecule is C[Si](C)(C)c1ccc2c(S)c3c(S)c4ccccc4c(S)c3c(S)c2c1. The fourth-order valence-corrected chi connectivity index (χ4v) is 6.55. The van der Waals surface area contributed by atoms with E-state index in [0.717, 1.165) is 51.9 Å². The van der Waals surface area contributed by atoms with Crippen molar-refractivity contribution >= 4 is 96.1 Å². The highest BCUT2D eigenvalue weighted by Gasteiger charge is 2.21. The first-order valence-corrected chi connectivity index (χ1v) is 13.7. The van der Waals surface area contributed by atoms with E-state index in [0.29, 0.717) is 0 Å². The molecular weight excluding hydrogens is 409 g/mol. The summed E-state index contributed by atoms with van der Waals surface area (Å²) in [5.74, 6) is 0. The molecule has 5 heteroatoms. The lowest BCUT2D eigenvalue weighted by Crippen LogP contribution is -2.37. The molecule has 26 heavy (non-hydrogen) atoms. The van der Waals surface area contributed by atoms with E-state index >= 15 is 0 Å². The maximum Gasteiger partial charge on any atom is 0.0776 e. The summed E-state index contributed by atoms with van der Waals surface area (Å²) in [6, 6.07) is 15.0. The summed E-state index contributed by atoms with van der Waals surface area (Å²) in [5.41, 5.74) is 0. The van der Waals surface area contributed by atoms with Crippen molar-refractivity contribution in [1.82, 2.24) is 0 Å². The van der Waals surface area contributed by atoms with Crippen LogP contribution in [-0.4, -0.2) is 8.07 Å². The molecule has 0 nitrogen and oxygen atoms in total. The quantitative estimate of drug-likeness (QED) is 0.142. The Bertz CT molecular complexity index is 1210. The minimum Gasteiger partial charge on any atom is -0.142 e. The molecule has 0 unspecified atom stereocenters. The van der Waals surface area contributed by atoms with Gasteiger partial charge in [0.25, 0.3) is 0 Å². The zero-order chi connectivity index (χ0) is 18.8. The van der Waals surface area contributed by atoms with Gasteiger partial charge in [-0.2, -0.15) is 0 Å². The predicted octanol–water partition coefficient (Wildman–Crippen LogP) is 6.85. The number of hydrogen-bond donors (Lipinski definition) is 4. The summed E-state index contributed by atoms with van der Waals surface area (Å²) in [5, 5.41) is 7.92. The van der Waals surface area contributed by atoms with Gasteiger partial charge in [0, 0.05) is 30.4 Å². The highest BCUT2D eigenvalue weighted by atomic mass is 32.1. The predicted molar refractivity (Wildman–Crippen MR) is 131 cm³/mol. The number of hydrogen-bond acceptors (Lipinski definition) is 4. The smallest absolute Gasteiger partial charge is 0.0776 e. The van der Waals surface area contributed by atoms with E-state index < -0.39 is 8.07 Å². The zero-order valence-corrected chi connectivity index (χ0v) is 19.4. The molecule has 0 aromatic heterocycles. The Morgan fingerprint density at radius 2 is 1.00 bits per heavy atom. The van der Waals surface area contributed by atoms with Gasteiger partial charge in [-0.25, -0.2) is 0 Å². The number of benzene rings is 4. The standard InChI is InChI=1S/C21H20S4Si/c1-26(2,3)11-8-9-14-15(10-11)21(25)17-16(20(14)24)18(22)12-6-4-5-7-13(12)19(17)23/h4-10,22-25H,1-3H3. The number of rotatable bonds is 1. The molecule has 4 rings (SSSR count). The van der Waals surface area contributed by atoms with Gasteiger partial charge < -0.3 is 0 Å². The molecule has 0 fully saturated rings. The monoisotopic (exact) mass is 428 g/mol. The summed E-state index contributed by atoms with van der Waals surface area (Å²) in [6.07, 6.45) is 0. The first-order valence-electron chi connectivity index (χ1n) is 8.46. The normalized spacial score (nSPS) is 12.4. The second kappa shape index (κ2) is 6.42. The molecule has 0 radical (unpaired) electrons. The van der Waals surface area contributed by atoms with E-state index in [9.17, 15) is 0 Å². The van der Waals surface area contributed by atoms with Crippen LogP contribution in [0, 0.1) is 0 Å². The first-order chi connectivity index (χ1) is 12.2. The molecule has 4 aromatic carbocycles. The van der Waals surface area contributed by atoms with E-state index in [1.165, 1.54) is 5.19 Å². The summed E-state index contributed by atoms with van der Waals surface area (Å²) in [7, 11) is -1.42. The largest absolute Gasteiger partial charge is 0.142 e. The Morgan fingerprint density at radius 1 is 0.577 bits per heavy atom. The van der Waals surface area contributed by atoms with Gasteiger partial charge in [-0.05, 0) is 21.5 Å². The molecule has 0 N–H and O–H groups in total. The van der Waals surface area contributed by atoms with Gasteiger partial charge in [0.2, 0.25) is 0 Å². The maximum atomic E-state index is 4.95. The molecule has 0 aliphatic heterocycles. The van der Waals surface area contributed by atoms with Crippen LogP contribution in [0.1, 0.15) is 0 Å². The number of thiol groups is 4. The van der Waals surface area contributed by atoms with Crippen molar-refractivity contribution in [2.24, 2.45) is 0 Å². The summed E-state index contributed by atoms with van der Waals surface area (Å²) in [6.45, 7) is 7.08. The van der Waals surface area contributed by atoms with Crippen molar-refractivity contribution in [3.63, 3.8) is 0 Å². The average molecular weight is 429 g/mol. The first kappa shape index (κ1) is 18.6. The average Bonchev–Trinajstić information content (AvgIpc) is 2.61. The Labute approximate surface area is 177 Å². The molecule has 0 bridgehead atoms. The molecule has 0 spiro atoms. The minimum absolute atomic E-state index is 0.935. The van der Waals surface area contributed by atoms with Crippen molar-refractivity contribution in [3.05, 3.63) is 42.5 Å². The van der Waals surface area contributed by atoms with Crippen LogP contribution < -0.4 is 5.19 Å². The second-order valence-electron chi connectivity index (χ2n) is 7.70. The summed E-state index contributed by atoms with van der Waals surface area (Å²) in [4.78, 5) is 3.78. The van der Waals surface area contributed by atoms with Crippen molar-refractivity contribution in [3.8, 4) is 0 Å². The molecule has 132 valence electrons. The van der Waals surface area contributed by atoms with Crippen LogP contribution in [0.3, 0.4) is 0 Å². The second-order valence-corrected chi connectivity index (χ2v) is 14.6. The van der Waals surface area contributed by atoms with Gasteiger partial charge in [0.15, 0.2) is 0 Å². The van der Waals surface area contributed by atoms with Gasteiger partial charge in [-0.15, -0.1) is 50.5 Å². The van der Waals surface area contributed by atoms with E-state index in [1.807, 2.05) is 12.1 Å². The summed E-state index contributed by atoms with van der Waals surface area (Å²) >= 11 is 19.6. The minimum atomic E-state index is -1.42. The Morgan fingerprint density at radius 3 is 1.46 bits per heavy atom. The molecule has 0 aliphatic rings. The van der Waals surface area contributed by atoms with Gasteiger partial charge in [-0.3, -0.25) is 0 Å². The number of fused-ring (bicyclic) bond motifs is 3. The molecule has 0 heterocycles. The highest BCUT2D eigenvalue weighted by Crippen LogP contribution is 2.46. The van der Waals surface area contributed by atoms with E-state index in [2.05, 4.69) is 50.0 Å². The van der Waals surface area contributed by atoms with Crippen molar-refractivity contribution in [2.75, 3.05) is 0 Å². The molecule has 0 aliphatic carbocycles. The Hall–Kier alpha value is -0.723. The third kappa shape index (κ3) is 2.71. The Balaban J connectivity index is 2.28. The lowest BCUT2D eigenvalue weighted by Gasteiger charge is -2.20. The van der Waals surface area contributed by atoms with Crippen LogP contribution in [0.5, 0.6) is 0 Å². The molecule has 0 saturated carbocycles. The van der Waals surface area contributed by atoms with Gasteiger partial charge in [0.1, 0.15) is 0 Å². The lowest BCUT2D eigenvalue weighted by atomic mass is 9.99. The molecule has 0 amide bonds. The maximum absolute atomic E-state index is 4.95. The van der Waals surface area contributed by atoms with Gasteiger partial charge in [-0.1, -0.05) is 67.3 Å². The lowest BCUT2D eigenvalue weighted by molar-refractivity contribution is 1.45. The van der Waals surface area contributed by atoms with Gasteiger partial charge >= 0.3 is 0 Å². The van der Waals surface area contributed by atoms with E-state index in [-0.39, 0.29) is 0 Å². The molecule has 0 saturated heterocycles. The van der Waals surface area contributed by atoms with Crippen molar-refractivity contribution < 1.29 is 0 Å². The van der Waals surface area contributed by atoms with Crippen LogP contribution in [0.25, 0.3) is 32.3 Å². The third-order valence-corrected chi connectivity index (χ3v) is 8.93. The topological polar surface area (TPSA) is 0 Å². The molecule has 0 atom stereocenters. The van der Waals surface area contributed by atoms with E-state index in [4.69, 9.17) is 50.5 Å². The van der Waals surface area contributed by atoms with E-state index in [1.54, 1.807) is 0 Å². The van der Waals surface area contributed by atoms with Crippen LogP contribution in [0.15, 0.2) is 62.0 Å². The Kier molecular flexibility index (Phi) is 4.60. The third-order valence-electron chi connectivity index (χ3n) is 5.03. The summed E-state index contributed by atoms with van der Waals surface area (Å²) < 4.78 is 0. The van der Waals surface area contributed by atoms with Crippen LogP contribution in [0.4, 0.5) is 0 Å². The van der Waals surface area contributed by atoms with Crippen LogP contribution >= 0.6 is 50.5 Å².